The monoisotopic (exact) mass is 235 g/mol. The van der Waals surface area contributed by atoms with Crippen molar-refractivity contribution in [1.29, 1.82) is 0 Å². The Morgan fingerprint density at radius 1 is 1.47 bits per heavy atom. The molecule has 0 amide bonds. The molecule has 0 aliphatic heterocycles. The zero-order valence-corrected chi connectivity index (χ0v) is 11.5. The molecule has 0 aromatic carbocycles. The lowest BCUT2D eigenvalue weighted by atomic mass is 10.0. The molecule has 0 spiro atoms. The summed E-state index contributed by atoms with van der Waals surface area (Å²) in [6.45, 7) is 11.8. The molecule has 1 heterocycles. The Bertz CT molecular complexity index is 350. The normalized spacial score (nSPS) is 12.4. The molecule has 0 unspecified atom stereocenters. The number of hydrogen-bond acceptors (Lipinski definition) is 2. The Morgan fingerprint density at radius 3 is 2.76 bits per heavy atom. The fraction of sp³-hybridized carbons (Fsp3) is 0.643. The molecule has 0 bridgehead atoms. The van der Waals surface area contributed by atoms with Crippen LogP contribution in [0.4, 0.5) is 0 Å². The van der Waals surface area contributed by atoms with Gasteiger partial charge in [0.05, 0.1) is 6.20 Å². The third kappa shape index (κ3) is 4.73. The first kappa shape index (κ1) is 14.0. The maximum absolute atomic E-state index is 4.30. The summed E-state index contributed by atoms with van der Waals surface area (Å²) < 4.78 is 1.96. The highest BCUT2D eigenvalue weighted by Crippen LogP contribution is 2.13. The predicted octanol–water partition coefficient (Wildman–Crippen LogP) is 2.94. The van der Waals surface area contributed by atoms with Gasteiger partial charge in [-0.2, -0.15) is 5.10 Å². The molecule has 1 rings (SSSR count). The molecule has 1 N–H and O–H groups in total. The molecule has 0 atom stereocenters. The predicted molar refractivity (Wildman–Crippen MR) is 73.9 cm³/mol. The van der Waals surface area contributed by atoms with Gasteiger partial charge in [-0.15, -0.1) is 0 Å². The van der Waals surface area contributed by atoms with E-state index in [9.17, 15) is 0 Å². The standard InChI is InChI=1S/C14H25N3/c1-5-7-15-10-14(12(3)4)8-13-9-16-17(6-2)11-13/h8-9,11-12,15H,5-7,10H2,1-4H3. The van der Waals surface area contributed by atoms with Crippen LogP contribution in [0.1, 0.15) is 39.7 Å². The molecule has 0 saturated heterocycles. The first-order chi connectivity index (χ1) is 8.17. The molecule has 0 aliphatic carbocycles. The van der Waals surface area contributed by atoms with Crippen LogP contribution in [0.15, 0.2) is 18.0 Å². The summed E-state index contributed by atoms with van der Waals surface area (Å²) in [5.74, 6) is 0.573. The second-order valence-corrected chi connectivity index (χ2v) is 4.68. The van der Waals surface area contributed by atoms with Crippen molar-refractivity contribution in [2.24, 2.45) is 5.92 Å². The van der Waals surface area contributed by atoms with Crippen molar-refractivity contribution in [3.63, 3.8) is 0 Å². The summed E-state index contributed by atoms with van der Waals surface area (Å²) in [4.78, 5) is 0. The molecule has 1 aromatic heterocycles. The number of aryl methyl sites for hydroxylation is 1. The van der Waals surface area contributed by atoms with Crippen LogP contribution in [0.2, 0.25) is 0 Å². The van der Waals surface area contributed by atoms with Crippen LogP contribution < -0.4 is 5.32 Å². The second-order valence-electron chi connectivity index (χ2n) is 4.68. The Hall–Kier alpha value is -1.09. The number of rotatable bonds is 7. The summed E-state index contributed by atoms with van der Waals surface area (Å²) in [5, 5.41) is 7.76. The van der Waals surface area contributed by atoms with Crippen molar-refractivity contribution in [2.45, 2.75) is 40.7 Å². The molecule has 0 aliphatic rings. The number of nitrogens with zero attached hydrogens (tertiary/aromatic N) is 2. The molecule has 96 valence electrons. The van der Waals surface area contributed by atoms with E-state index >= 15 is 0 Å². The fourth-order valence-corrected chi connectivity index (χ4v) is 1.67. The largest absolute Gasteiger partial charge is 0.313 e. The number of aromatic nitrogens is 2. The Labute approximate surface area is 105 Å². The van der Waals surface area contributed by atoms with Gasteiger partial charge in [0.25, 0.3) is 0 Å². The SMILES string of the molecule is CCCNCC(=Cc1cnn(CC)c1)C(C)C. The van der Waals surface area contributed by atoms with Crippen LogP contribution >= 0.6 is 0 Å². The van der Waals surface area contributed by atoms with Crippen LogP contribution in [0, 0.1) is 5.92 Å². The van der Waals surface area contributed by atoms with Gasteiger partial charge in [0, 0.05) is 24.8 Å². The van der Waals surface area contributed by atoms with Gasteiger partial charge >= 0.3 is 0 Å². The molecule has 0 fully saturated rings. The zero-order valence-electron chi connectivity index (χ0n) is 11.5. The van der Waals surface area contributed by atoms with E-state index < -0.39 is 0 Å². The first-order valence-electron chi connectivity index (χ1n) is 6.61. The molecule has 1 aromatic rings. The third-order valence-electron chi connectivity index (χ3n) is 2.83. The molecule has 3 heteroatoms. The second kappa shape index (κ2) is 7.28. The fourth-order valence-electron chi connectivity index (χ4n) is 1.67. The van der Waals surface area contributed by atoms with Gasteiger partial charge in [0.15, 0.2) is 0 Å². The van der Waals surface area contributed by atoms with Crippen molar-refractivity contribution in [3.05, 3.63) is 23.5 Å². The highest BCUT2D eigenvalue weighted by atomic mass is 15.3. The van der Waals surface area contributed by atoms with Gasteiger partial charge < -0.3 is 5.32 Å². The summed E-state index contributed by atoms with van der Waals surface area (Å²) in [5.41, 5.74) is 2.64. The molecular weight excluding hydrogens is 210 g/mol. The summed E-state index contributed by atoms with van der Waals surface area (Å²) >= 11 is 0. The lowest BCUT2D eigenvalue weighted by Gasteiger charge is -2.12. The van der Waals surface area contributed by atoms with Gasteiger partial charge in [0.2, 0.25) is 0 Å². The van der Waals surface area contributed by atoms with E-state index in [1.807, 2.05) is 10.9 Å². The minimum absolute atomic E-state index is 0.573. The quantitative estimate of drug-likeness (QED) is 0.736. The highest BCUT2D eigenvalue weighted by Gasteiger charge is 2.04. The molecule has 0 saturated carbocycles. The Kier molecular flexibility index (Phi) is 5.98. The molecule has 3 nitrogen and oxygen atoms in total. The van der Waals surface area contributed by atoms with Crippen molar-refractivity contribution >= 4 is 6.08 Å². The average molecular weight is 235 g/mol. The topological polar surface area (TPSA) is 29.9 Å². The molecular formula is C14H25N3. The first-order valence-corrected chi connectivity index (χ1v) is 6.61. The van der Waals surface area contributed by atoms with E-state index in [0.29, 0.717) is 5.92 Å². The van der Waals surface area contributed by atoms with E-state index in [4.69, 9.17) is 0 Å². The summed E-state index contributed by atoms with van der Waals surface area (Å²) in [7, 11) is 0. The summed E-state index contributed by atoms with van der Waals surface area (Å²) in [6, 6.07) is 0. The van der Waals surface area contributed by atoms with E-state index in [2.05, 4.69) is 50.4 Å². The van der Waals surface area contributed by atoms with Gasteiger partial charge in [-0.1, -0.05) is 32.4 Å². The Balaban J connectivity index is 2.68. The van der Waals surface area contributed by atoms with Gasteiger partial charge in [-0.25, -0.2) is 0 Å². The van der Waals surface area contributed by atoms with Crippen molar-refractivity contribution in [1.82, 2.24) is 15.1 Å². The lowest BCUT2D eigenvalue weighted by molar-refractivity contribution is 0.656. The van der Waals surface area contributed by atoms with E-state index in [-0.39, 0.29) is 0 Å². The van der Waals surface area contributed by atoms with Crippen molar-refractivity contribution in [3.8, 4) is 0 Å². The zero-order chi connectivity index (χ0) is 12.7. The van der Waals surface area contributed by atoms with E-state index in [0.717, 1.165) is 19.6 Å². The number of hydrogen-bond donors (Lipinski definition) is 1. The molecule has 0 radical (unpaired) electrons. The highest BCUT2D eigenvalue weighted by molar-refractivity contribution is 5.51. The van der Waals surface area contributed by atoms with Gasteiger partial charge in [-0.05, 0) is 25.8 Å². The van der Waals surface area contributed by atoms with Crippen LogP contribution in [0.3, 0.4) is 0 Å². The Morgan fingerprint density at radius 2 is 2.24 bits per heavy atom. The van der Waals surface area contributed by atoms with Crippen LogP contribution in [-0.4, -0.2) is 22.9 Å². The average Bonchev–Trinajstić information content (AvgIpc) is 2.75. The maximum atomic E-state index is 4.30. The minimum Gasteiger partial charge on any atom is -0.313 e. The number of nitrogens with one attached hydrogen (secondary N) is 1. The third-order valence-corrected chi connectivity index (χ3v) is 2.83. The smallest absolute Gasteiger partial charge is 0.0562 e. The van der Waals surface area contributed by atoms with Crippen molar-refractivity contribution < 1.29 is 0 Å². The van der Waals surface area contributed by atoms with Gasteiger partial charge in [-0.3, -0.25) is 4.68 Å². The van der Waals surface area contributed by atoms with Gasteiger partial charge in [0.1, 0.15) is 0 Å². The summed E-state index contributed by atoms with van der Waals surface area (Å²) in [6.07, 6.45) is 7.47. The van der Waals surface area contributed by atoms with E-state index in [1.165, 1.54) is 17.6 Å². The van der Waals surface area contributed by atoms with Crippen LogP contribution in [0.25, 0.3) is 6.08 Å². The maximum Gasteiger partial charge on any atom is 0.0562 e. The van der Waals surface area contributed by atoms with Crippen LogP contribution in [0.5, 0.6) is 0 Å². The lowest BCUT2D eigenvalue weighted by Crippen LogP contribution is -2.19. The molecule has 17 heavy (non-hydrogen) atoms. The minimum atomic E-state index is 0.573. The van der Waals surface area contributed by atoms with Crippen molar-refractivity contribution in [2.75, 3.05) is 13.1 Å². The van der Waals surface area contributed by atoms with E-state index in [1.54, 1.807) is 0 Å². The van der Waals surface area contributed by atoms with Crippen LogP contribution in [-0.2, 0) is 6.54 Å².